The zero-order valence-corrected chi connectivity index (χ0v) is 17.0. The first kappa shape index (κ1) is 20.8. The van der Waals surface area contributed by atoms with Crippen molar-refractivity contribution in [1.29, 1.82) is 0 Å². The summed E-state index contributed by atoms with van der Waals surface area (Å²) < 4.78 is 21.4. The highest BCUT2D eigenvalue weighted by Gasteiger charge is 2.17. The molecule has 0 N–H and O–H groups in total. The van der Waals surface area contributed by atoms with E-state index < -0.39 is 5.97 Å². The fourth-order valence-electron chi connectivity index (χ4n) is 2.89. The Bertz CT molecular complexity index is 901. The number of hydrogen-bond donors (Lipinski definition) is 0. The lowest BCUT2D eigenvalue weighted by Gasteiger charge is -2.21. The van der Waals surface area contributed by atoms with Crippen molar-refractivity contribution in [1.82, 2.24) is 4.90 Å². The highest BCUT2D eigenvalue weighted by atomic mass is 35.5. The molecular formula is C21H22ClNO6. The fourth-order valence-corrected chi connectivity index (χ4v) is 3.09. The Morgan fingerprint density at radius 3 is 2.62 bits per heavy atom. The number of rotatable bonds is 7. The predicted octanol–water partition coefficient (Wildman–Crippen LogP) is 2.86. The third-order valence-electron chi connectivity index (χ3n) is 4.39. The summed E-state index contributed by atoms with van der Waals surface area (Å²) in [5.74, 6) is 1.04. The van der Waals surface area contributed by atoms with E-state index in [4.69, 9.17) is 30.5 Å². The van der Waals surface area contributed by atoms with Gasteiger partial charge in [-0.15, -0.1) is 0 Å². The fraction of sp³-hybridized carbons (Fsp3) is 0.333. The molecule has 0 saturated carbocycles. The molecule has 1 aliphatic heterocycles. The smallest absolute Gasteiger partial charge is 0.310 e. The van der Waals surface area contributed by atoms with Gasteiger partial charge in [-0.3, -0.25) is 9.59 Å². The monoisotopic (exact) mass is 419 g/mol. The van der Waals surface area contributed by atoms with E-state index in [1.54, 1.807) is 25.2 Å². The zero-order chi connectivity index (χ0) is 20.8. The van der Waals surface area contributed by atoms with Gasteiger partial charge in [0.2, 0.25) is 0 Å². The number of esters is 1. The molecule has 0 spiro atoms. The van der Waals surface area contributed by atoms with E-state index in [1.165, 1.54) is 12.0 Å². The van der Waals surface area contributed by atoms with Crippen LogP contribution in [-0.4, -0.2) is 50.8 Å². The lowest BCUT2D eigenvalue weighted by molar-refractivity contribution is -0.151. The summed E-state index contributed by atoms with van der Waals surface area (Å²) in [6.45, 7) is 1.04. The van der Waals surface area contributed by atoms with E-state index in [9.17, 15) is 9.59 Å². The molecule has 0 bridgehead atoms. The highest BCUT2D eigenvalue weighted by Crippen LogP contribution is 2.31. The standard InChI is InChI=1S/C21H22ClNO6/c1-23(12-14-3-5-18-19(9-14)28-8-7-27-18)20(24)13-29-21(25)11-15-10-16(22)4-6-17(15)26-2/h3-6,9-10H,7-8,11-13H2,1-2H3. The lowest BCUT2D eigenvalue weighted by Crippen LogP contribution is -2.31. The number of amides is 1. The minimum atomic E-state index is -0.536. The molecule has 7 nitrogen and oxygen atoms in total. The molecule has 3 rings (SSSR count). The number of hydrogen-bond acceptors (Lipinski definition) is 6. The summed E-state index contributed by atoms with van der Waals surface area (Å²) in [6, 6.07) is 10.5. The number of methoxy groups -OCH3 is 1. The van der Waals surface area contributed by atoms with E-state index in [0.717, 1.165) is 5.56 Å². The van der Waals surface area contributed by atoms with Crippen LogP contribution >= 0.6 is 11.6 Å². The van der Waals surface area contributed by atoms with Crippen LogP contribution in [0.1, 0.15) is 11.1 Å². The van der Waals surface area contributed by atoms with Crippen LogP contribution in [0.15, 0.2) is 36.4 Å². The van der Waals surface area contributed by atoms with Gasteiger partial charge in [0, 0.05) is 24.2 Å². The van der Waals surface area contributed by atoms with Crippen molar-refractivity contribution >= 4 is 23.5 Å². The number of halogens is 1. The minimum Gasteiger partial charge on any atom is -0.496 e. The van der Waals surface area contributed by atoms with Gasteiger partial charge in [-0.1, -0.05) is 17.7 Å². The SMILES string of the molecule is COc1ccc(Cl)cc1CC(=O)OCC(=O)N(C)Cc1ccc2c(c1)OCCO2. The Labute approximate surface area is 174 Å². The van der Waals surface area contributed by atoms with Gasteiger partial charge in [0.25, 0.3) is 5.91 Å². The Kier molecular flexibility index (Phi) is 6.82. The average Bonchev–Trinajstić information content (AvgIpc) is 2.72. The maximum Gasteiger partial charge on any atom is 0.310 e. The topological polar surface area (TPSA) is 74.3 Å². The minimum absolute atomic E-state index is 0.0388. The van der Waals surface area contributed by atoms with Gasteiger partial charge >= 0.3 is 5.97 Å². The van der Waals surface area contributed by atoms with E-state index in [0.29, 0.717) is 47.6 Å². The molecule has 0 atom stereocenters. The average molecular weight is 420 g/mol. The Hall–Kier alpha value is -2.93. The van der Waals surface area contributed by atoms with Crippen molar-refractivity contribution in [3.63, 3.8) is 0 Å². The molecule has 2 aromatic carbocycles. The number of benzene rings is 2. The molecule has 2 aromatic rings. The second-order valence-corrected chi connectivity index (χ2v) is 6.96. The lowest BCUT2D eigenvalue weighted by atomic mass is 10.1. The van der Waals surface area contributed by atoms with E-state index in [-0.39, 0.29) is 18.9 Å². The molecule has 154 valence electrons. The van der Waals surface area contributed by atoms with Crippen LogP contribution in [0.2, 0.25) is 5.02 Å². The summed E-state index contributed by atoms with van der Waals surface area (Å²) >= 11 is 5.96. The summed E-state index contributed by atoms with van der Waals surface area (Å²) in [6.07, 6.45) is -0.0388. The number of carbonyl (C=O) groups is 2. The first-order chi connectivity index (χ1) is 14.0. The summed E-state index contributed by atoms with van der Waals surface area (Å²) in [7, 11) is 3.15. The van der Waals surface area contributed by atoms with Crippen molar-refractivity contribution in [2.45, 2.75) is 13.0 Å². The van der Waals surface area contributed by atoms with Crippen molar-refractivity contribution in [2.24, 2.45) is 0 Å². The second-order valence-electron chi connectivity index (χ2n) is 6.52. The molecule has 0 aromatic heterocycles. The highest BCUT2D eigenvalue weighted by molar-refractivity contribution is 6.30. The van der Waals surface area contributed by atoms with Crippen molar-refractivity contribution < 1.29 is 28.5 Å². The number of carbonyl (C=O) groups excluding carboxylic acids is 2. The summed E-state index contributed by atoms with van der Waals surface area (Å²) in [4.78, 5) is 25.9. The number of likely N-dealkylation sites (N-methyl/N-ethyl adjacent to an activating group) is 1. The largest absolute Gasteiger partial charge is 0.496 e. The molecule has 0 aliphatic carbocycles. The Morgan fingerprint density at radius 1 is 1.10 bits per heavy atom. The maximum absolute atomic E-state index is 12.3. The van der Waals surface area contributed by atoms with Gasteiger partial charge in [-0.2, -0.15) is 0 Å². The molecular weight excluding hydrogens is 398 g/mol. The van der Waals surface area contributed by atoms with Gasteiger partial charge in [-0.25, -0.2) is 0 Å². The van der Waals surface area contributed by atoms with Crippen LogP contribution in [0.3, 0.4) is 0 Å². The number of nitrogens with zero attached hydrogens (tertiary/aromatic N) is 1. The van der Waals surface area contributed by atoms with E-state index in [1.807, 2.05) is 18.2 Å². The van der Waals surface area contributed by atoms with E-state index >= 15 is 0 Å². The first-order valence-corrected chi connectivity index (χ1v) is 9.44. The van der Waals surface area contributed by atoms with Crippen LogP contribution < -0.4 is 14.2 Å². The van der Waals surface area contributed by atoms with Gasteiger partial charge in [0.05, 0.1) is 13.5 Å². The van der Waals surface area contributed by atoms with Crippen LogP contribution in [-0.2, 0) is 27.3 Å². The molecule has 1 heterocycles. The third-order valence-corrected chi connectivity index (χ3v) is 4.62. The molecule has 0 saturated heterocycles. The number of fused-ring (bicyclic) bond motifs is 1. The molecule has 29 heavy (non-hydrogen) atoms. The molecule has 8 heteroatoms. The zero-order valence-electron chi connectivity index (χ0n) is 16.3. The van der Waals surface area contributed by atoms with Gasteiger partial charge in [0.15, 0.2) is 18.1 Å². The van der Waals surface area contributed by atoms with E-state index in [2.05, 4.69) is 0 Å². The molecule has 0 radical (unpaired) electrons. The van der Waals surface area contributed by atoms with Crippen LogP contribution in [0.25, 0.3) is 0 Å². The Balaban J connectivity index is 1.51. The quantitative estimate of drug-likeness (QED) is 0.642. The maximum atomic E-state index is 12.3. The van der Waals surface area contributed by atoms with Crippen molar-refractivity contribution in [3.05, 3.63) is 52.5 Å². The van der Waals surface area contributed by atoms with Crippen molar-refractivity contribution in [2.75, 3.05) is 34.0 Å². The van der Waals surface area contributed by atoms with Gasteiger partial charge in [-0.05, 0) is 35.9 Å². The summed E-state index contributed by atoms with van der Waals surface area (Å²) in [5.41, 5.74) is 1.49. The van der Waals surface area contributed by atoms with Crippen LogP contribution in [0.4, 0.5) is 0 Å². The first-order valence-electron chi connectivity index (χ1n) is 9.07. The Morgan fingerprint density at radius 2 is 1.86 bits per heavy atom. The third kappa shape index (κ3) is 5.54. The summed E-state index contributed by atoms with van der Waals surface area (Å²) in [5, 5.41) is 0.490. The van der Waals surface area contributed by atoms with Crippen LogP contribution in [0, 0.1) is 0 Å². The predicted molar refractivity (Wildman–Crippen MR) is 107 cm³/mol. The second kappa shape index (κ2) is 9.52. The van der Waals surface area contributed by atoms with Gasteiger partial charge in [0.1, 0.15) is 19.0 Å². The molecule has 1 amide bonds. The van der Waals surface area contributed by atoms with Crippen LogP contribution in [0.5, 0.6) is 17.2 Å². The molecule has 0 fully saturated rings. The molecule has 1 aliphatic rings. The normalized spacial score (nSPS) is 12.2. The van der Waals surface area contributed by atoms with Gasteiger partial charge < -0.3 is 23.8 Å². The number of ether oxygens (including phenoxy) is 4. The van der Waals surface area contributed by atoms with Crippen molar-refractivity contribution in [3.8, 4) is 17.2 Å². The molecule has 0 unspecified atom stereocenters.